The molecule has 0 atom stereocenters. The maximum Gasteiger partial charge on any atom is 1.00 e. The summed E-state index contributed by atoms with van der Waals surface area (Å²) >= 11 is 3.08. The van der Waals surface area contributed by atoms with E-state index in [0.29, 0.717) is 27.8 Å². The molecule has 15 nitrogen and oxygen atoms in total. The molecular formula is C122H116BBrF3N6NaO9P4Pd. The molecule has 3 saturated carbocycles. The van der Waals surface area contributed by atoms with Crippen molar-refractivity contribution in [2.45, 2.75) is 95.2 Å². The van der Waals surface area contributed by atoms with E-state index >= 15 is 0 Å². The number of carbonyl (C=O) groups excluding carboxylic acids is 2. The minimum Gasteiger partial charge on any atom is -0.870 e. The van der Waals surface area contributed by atoms with Crippen molar-refractivity contribution in [1.82, 2.24) is 29.3 Å². The first-order valence-electron chi connectivity index (χ1n) is 48.1. The zero-order valence-corrected chi connectivity index (χ0v) is 92.9. The maximum absolute atomic E-state index is 14.0. The molecule has 4 fully saturated rings. The normalized spacial score (nSPS) is 13.2. The molecule has 0 radical (unpaired) electrons. The third-order valence-electron chi connectivity index (χ3n) is 25.1. The number of ether oxygens (including phenoxy) is 2. The van der Waals surface area contributed by atoms with Crippen LogP contribution in [-0.4, -0.2) is 90.4 Å². The van der Waals surface area contributed by atoms with E-state index in [2.05, 4.69) is 432 Å². The first-order valence-corrected chi connectivity index (χ1v) is 54.3. The summed E-state index contributed by atoms with van der Waals surface area (Å²) in [6, 6.07) is 142. The van der Waals surface area contributed by atoms with Gasteiger partial charge in [0, 0.05) is 68.3 Å². The molecule has 18 aromatic rings. The fourth-order valence-electron chi connectivity index (χ4n) is 16.7. The monoisotopic (exact) mass is 2210 g/mol. The number of hydrogen-bond acceptors (Lipinski definition) is 11. The van der Waals surface area contributed by atoms with Crippen molar-refractivity contribution >= 4 is 142 Å². The molecule has 1 aliphatic heterocycles. The zero-order valence-electron chi connectivity index (χ0n) is 84.2. The molecule has 148 heavy (non-hydrogen) atoms. The molecule has 2 N–H and O–H groups in total. The Labute approximate surface area is 915 Å². The van der Waals surface area contributed by atoms with Crippen LogP contribution in [0.2, 0.25) is 0 Å². The van der Waals surface area contributed by atoms with Gasteiger partial charge < -0.3 is 29.4 Å². The third kappa shape index (κ3) is 30.6. The van der Waals surface area contributed by atoms with E-state index < -0.39 is 67.0 Å². The van der Waals surface area contributed by atoms with E-state index in [-0.39, 0.29) is 90.5 Å². The van der Waals surface area contributed by atoms with Gasteiger partial charge in [0.05, 0.1) is 77.7 Å². The van der Waals surface area contributed by atoms with Crippen LogP contribution in [0.1, 0.15) is 132 Å². The number of esters is 2. The average Bonchev–Trinajstić information content (AvgIpc) is 1.60. The number of carboxylic acids is 1. The molecule has 22 rings (SSSR count). The minimum atomic E-state index is -1.25. The maximum atomic E-state index is 14.0. The second-order valence-corrected chi connectivity index (χ2v) is 45.6. The summed E-state index contributed by atoms with van der Waals surface area (Å²) in [6.45, 7) is 8.33. The van der Waals surface area contributed by atoms with E-state index in [1.807, 2.05) is 44.4 Å². The molecule has 3 aliphatic carbocycles. The number of aromatic nitrogens is 6. The Hall–Kier alpha value is -12.1. The summed E-state index contributed by atoms with van der Waals surface area (Å²) in [5.41, 5.74) is 6.87. The minimum absolute atomic E-state index is 0. The van der Waals surface area contributed by atoms with Gasteiger partial charge in [0.1, 0.15) is 17.5 Å². The fraction of sp³-hybridized carbons (Fsp3) is 0.164. The average molecular weight is 2210 g/mol. The van der Waals surface area contributed by atoms with Crippen molar-refractivity contribution in [3.63, 3.8) is 0 Å². The van der Waals surface area contributed by atoms with E-state index in [1.165, 1.54) is 133 Å². The van der Waals surface area contributed by atoms with E-state index in [4.69, 9.17) is 14.4 Å². The number of rotatable bonds is 21. The molecule has 4 heterocycles. The van der Waals surface area contributed by atoms with Crippen LogP contribution in [0, 0.1) is 17.5 Å². The number of halogens is 4. The van der Waals surface area contributed by atoms with Gasteiger partial charge in [0.15, 0.2) is 0 Å². The summed E-state index contributed by atoms with van der Waals surface area (Å²) in [6.07, 6.45) is 12.7. The Morgan fingerprint density at radius 3 is 0.764 bits per heavy atom. The number of aromatic carboxylic acids is 1. The molecule has 0 bridgehead atoms. The summed E-state index contributed by atoms with van der Waals surface area (Å²) in [4.78, 5) is 33.1. The van der Waals surface area contributed by atoms with Crippen LogP contribution in [0.5, 0.6) is 0 Å². The van der Waals surface area contributed by atoms with Crippen LogP contribution < -0.4 is 98.8 Å². The number of benzene rings is 15. The van der Waals surface area contributed by atoms with Gasteiger partial charge in [0.2, 0.25) is 0 Å². The second-order valence-electron chi connectivity index (χ2n) is 35.8. The third-order valence-corrected chi connectivity index (χ3v) is 35.4. The van der Waals surface area contributed by atoms with Crippen LogP contribution in [0.15, 0.2) is 442 Å². The molecule has 15 aromatic carbocycles. The van der Waals surface area contributed by atoms with Gasteiger partial charge in [0.25, 0.3) is 0 Å². The quantitative estimate of drug-likeness (QED) is 0.0407. The molecule has 0 amide bonds. The van der Waals surface area contributed by atoms with Crippen molar-refractivity contribution in [2.24, 2.45) is 21.1 Å². The van der Waals surface area contributed by atoms with Crippen LogP contribution in [0.4, 0.5) is 13.2 Å². The molecule has 3 aromatic heterocycles. The van der Waals surface area contributed by atoms with Gasteiger partial charge in [-0.25, -0.2) is 27.6 Å². The van der Waals surface area contributed by atoms with Gasteiger partial charge in [-0.2, -0.15) is 15.3 Å². The molecule has 4 aliphatic rings. The number of carbonyl (C=O) groups is 3. The predicted octanol–water partition coefficient (Wildman–Crippen LogP) is 20.3. The van der Waals surface area contributed by atoms with E-state index in [9.17, 15) is 27.6 Å². The molecular weight excluding hydrogens is 2090 g/mol. The molecule has 750 valence electrons. The Morgan fingerprint density at radius 2 is 0.547 bits per heavy atom. The van der Waals surface area contributed by atoms with E-state index in [1.54, 1.807) is 27.6 Å². The smallest absolute Gasteiger partial charge is 0.870 e. The van der Waals surface area contributed by atoms with Crippen molar-refractivity contribution in [3.05, 3.63) is 492 Å². The van der Waals surface area contributed by atoms with Crippen LogP contribution in [0.3, 0.4) is 0 Å². The van der Waals surface area contributed by atoms with Gasteiger partial charge in [-0.15, -0.1) is 0 Å². The topological polar surface area (TPSA) is 192 Å². The van der Waals surface area contributed by atoms with Crippen molar-refractivity contribution in [1.29, 1.82) is 0 Å². The SMILES string of the molecule is COC(=O)c1ccc(-c2c(C3CC3)cnn2C)cc1F.COC(=O)c1ccc(Br)cc1F.Cn1ncc(C2CC2)c1-c1ccc(C(=O)O)c(F)c1.Cn1ncc(C2CC2)c1B1OC(C)(C)C(C)(C)O1.[Na+].[OH-].[Pd].c1ccc(P(c2ccccc2)c2ccccc2)cc1.c1ccc(P(c2ccccc2)c2ccccc2)cc1.c1ccc(P(c2ccccc2)c2ccccc2)cc1.c1ccc(P(c2ccccc2)c2ccccc2)cc1. The van der Waals surface area contributed by atoms with Crippen LogP contribution in [-0.2, 0) is 60.3 Å². The fourth-order valence-corrected chi connectivity index (χ4v) is 26.2. The van der Waals surface area contributed by atoms with Gasteiger partial charge in [-0.3, -0.25) is 14.0 Å². The van der Waals surface area contributed by atoms with Gasteiger partial charge in [-0.05, 0) is 227 Å². The van der Waals surface area contributed by atoms with Crippen molar-refractivity contribution in [2.75, 3.05) is 14.2 Å². The summed E-state index contributed by atoms with van der Waals surface area (Å²) in [7, 11) is 5.99. The van der Waals surface area contributed by atoms with Crippen molar-refractivity contribution in [3.8, 4) is 22.5 Å². The largest absolute Gasteiger partial charge is 1.00 e. The Morgan fingerprint density at radius 1 is 0.338 bits per heavy atom. The van der Waals surface area contributed by atoms with Crippen molar-refractivity contribution < 1.29 is 107 Å². The molecule has 0 unspecified atom stereocenters. The first-order chi connectivity index (χ1) is 70.5. The summed E-state index contributed by atoms with van der Waals surface area (Å²) in [5.74, 6) is -2.76. The number of aryl methyl sites for hydroxylation is 3. The molecule has 0 spiro atoms. The molecule has 1 saturated heterocycles. The molecule has 26 heteroatoms. The standard InChI is InChI=1S/4C18H15P.C15H15FN2O2.C14H13FN2O2.C13H21BN2O2.C8H6BrFO2.Na.H2O.Pd/c4*1-4-10-16(11-5-1)19(17-12-6-2-7-13-17)18-14-8-3-9-15-18;1-18-14(12(8-17-18)9-3-4-9)10-5-6-11(13(16)7-10)15(19)20-2;1-17-13(11(7-16-17)8-2-3-8)9-4-5-10(14(18)19)12(15)6-9;1-12(2)13(3,4)18-14(17-12)11-10(9-6-7-9)8-15-16(11)5;1-12-8(11)6-3-2-5(9)4-7(6)10;;;/h4*1-15H;5-9H,3-4H2,1-2H3;4-8H,2-3H2,1H3,(H,18,19);8-9H,6-7H2,1-5H3;2-4H,1H3;;1H2;/q;;;;;;;;+1;;/p-1. The Bertz CT molecular complexity index is 6340. The Balaban J connectivity index is 0.000000150. The Kier molecular flexibility index (Phi) is 43.4. The first kappa shape index (κ1) is 115. The number of nitrogens with zero attached hydrogens (tertiary/aromatic N) is 6. The van der Waals surface area contributed by atoms with Gasteiger partial charge >= 0.3 is 54.6 Å². The van der Waals surface area contributed by atoms with E-state index in [0.717, 1.165) is 59.4 Å². The number of methoxy groups -OCH3 is 2. The predicted molar refractivity (Wildman–Crippen MR) is 598 cm³/mol. The number of hydrogen-bond donors (Lipinski definition) is 1. The summed E-state index contributed by atoms with van der Waals surface area (Å²) < 4.78 is 67.9. The zero-order chi connectivity index (χ0) is 102. The van der Waals surface area contributed by atoms with Crippen LogP contribution in [0.25, 0.3) is 22.5 Å². The van der Waals surface area contributed by atoms with Gasteiger partial charge in [-0.1, -0.05) is 392 Å². The van der Waals surface area contributed by atoms with Crippen LogP contribution >= 0.6 is 47.6 Å². The number of carboxylic acid groups (broad SMARTS) is 1. The second kappa shape index (κ2) is 56.0. The summed E-state index contributed by atoms with van der Waals surface area (Å²) in [5, 5.41) is 38.5.